The summed E-state index contributed by atoms with van der Waals surface area (Å²) in [6.45, 7) is 3.44. The number of ether oxygens (including phenoxy) is 2. The summed E-state index contributed by atoms with van der Waals surface area (Å²) in [7, 11) is 0. The highest BCUT2D eigenvalue weighted by Gasteiger charge is 2.16. The Kier molecular flexibility index (Phi) is 5.32. The molecule has 3 rings (SSSR count). The summed E-state index contributed by atoms with van der Waals surface area (Å²) in [5, 5.41) is 11.7. The molecule has 0 spiro atoms. The highest BCUT2D eigenvalue weighted by molar-refractivity contribution is 6.04. The number of aryl methyl sites for hydroxylation is 1. The smallest absolute Gasteiger partial charge is 0.255 e. The fourth-order valence-corrected chi connectivity index (χ4v) is 2.73. The van der Waals surface area contributed by atoms with E-state index in [1.54, 1.807) is 24.3 Å². The van der Waals surface area contributed by atoms with Crippen molar-refractivity contribution in [3.05, 3.63) is 59.2 Å². The number of nitrogens with one attached hydrogen (secondary N) is 1. The molecule has 1 fully saturated rings. The van der Waals surface area contributed by atoms with Crippen molar-refractivity contribution in [3.63, 3.8) is 0 Å². The second kappa shape index (κ2) is 7.82. The Hall–Kier alpha value is -2.84. The van der Waals surface area contributed by atoms with E-state index in [1.807, 2.05) is 31.2 Å². The Balaban J connectivity index is 1.65. The van der Waals surface area contributed by atoms with E-state index < -0.39 is 0 Å². The molecule has 25 heavy (non-hydrogen) atoms. The van der Waals surface area contributed by atoms with Crippen LogP contribution in [0.25, 0.3) is 0 Å². The molecule has 0 saturated carbocycles. The van der Waals surface area contributed by atoms with Crippen molar-refractivity contribution in [3.8, 4) is 11.8 Å². The van der Waals surface area contributed by atoms with Gasteiger partial charge in [0.15, 0.2) is 0 Å². The third-order valence-electron chi connectivity index (χ3n) is 4.17. The van der Waals surface area contributed by atoms with Gasteiger partial charge in [-0.15, -0.1) is 0 Å². The summed E-state index contributed by atoms with van der Waals surface area (Å²) in [6, 6.07) is 14.2. The molecule has 1 aliphatic heterocycles. The maximum absolute atomic E-state index is 12.3. The fourth-order valence-electron chi connectivity index (χ4n) is 2.73. The normalized spacial score (nSPS) is 14.6. The van der Waals surface area contributed by atoms with Gasteiger partial charge in [0.2, 0.25) is 0 Å². The lowest BCUT2D eigenvalue weighted by Crippen LogP contribution is -2.26. The van der Waals surface area contributed by atoms with Crippen LogP contribution >= 0.6 is 0 Å². The molecule has 1 N–H and O–H groups in total. The molecule has 0 bridgehead atoms. The average Bonchev–Trinajstić information content (AvgIpc) is 2.65. The molecule has 1 aliphatic rings. The standard InChI is InChI=1S/C20H20N2O3/c1-14-12-17(6-7-19(14)25-18-8-10-24-11-9-18)22-20(23)16-4-2-15(13-21)3-5-16/h2-7,12,18H,8-11H2,1H3,(H,22,23). The number of amides is 1. The Morgan fingerprint density at radius 3 is 2.56 bits per heavy atom. The number of anilines is 1. The lowest BCUT2D eigenvalue weighted by Gasteiger charge is -2.24. The van der Waals surface area contributed by atoms with E-state index in [0.29, 0.717) is 16.8 Å². The molecule has 2 aromatic carbocycles. The predicted octanol–water partition coefficient (Wildman–Crippen LogP) is 3.68. The fraction of sp³-hybridized carbons (Fsp3) is 0.300. The minimum atomic E-state index is -0.206. The summed E-state index contributed by atoms with van der Waals surface area (Å²) < 4.78 is 11.4. The summed E-state index contributed by atoms with van der Waals surface area (Å²) in [5.74, 6) is 0.630. The van der Waals surface area contributed by atoms with Gasteiger partial charge >= 0.3 is 0 Å². The predicted molar refractivity (Wildman–Crippen MR) is 94.8 cm³/mol. The Morgan fingerprint density at radius 1 is 1.20 bits per heavy atom. The quantitative estimate of drug-likeness (QED) is 0.924. The minimum absolute atomic E-state index is 0.187. The van der Waals surface area contributed by atoms with Crippen molar-refractivity contribution in [2.45, 2.75) is 25.9 Å². The van der Waals surface area contributed by atoms with E-state index in [2.05, 4.69) is 5.32 Å². The number of rotatable bonds is 4. The molecular formula is C20H20N2O3. The van der Waals surface area contributed by atoms with E-state index in [4.69, 9.17) is 14.7 Å². The number of hydrogen-bond acceptors (Lipinski definition) is 4. The molecule has 0 unspecified atom stereocenters. The van der Waals surface area contributed by atoms with Crippen LogP contribution in [-0.4, -0.2) is 25.2 Å². The van der Waals surface area contributed by atoms with Crippen molar-refractivity contribution in [1.29, 1.82) is 5.26 Å². The SMILES string of the molecule is Cc1cc(NC(=O)c2ccc(C#N)cc2)ccc1OC1CCOCC1. The molecule has 0 atom stereocenters. The average molecular weight is 336 g/mol. The van der Waals surface area contributed by atoms with Gasteiger partial charge in [0, 0.05) is 24.1 Å². The van der Waals surface area contributed by atoms with Gasteiger partial charge in [-0.1, -0.05) is 0 Å². The Bertz CT molecular complexity index is 788. The summed E-state index contributed by atoms with van der Waals surface area (Å²) in [5.41, 5.74) is 2.73. The van der Waals surface area contributed by atoms with Gasteiger partial charge in [0.05, 0.1) is 24.8 Å². The van der Waals surface area contributed by atoms with E-state index in [-0.39, 0.29) is 12.0 Å². The van der Waals surface area contributed by atoms with Gasteiger partial charge in [0.1, 0.15) is 11.9 Å². The lowest BCUT2D eigenvalue weighted by molar-refractivity contribution is 0.0253. The van der Waals surface area contributed by atoms with Crippen LogP contribution in [0.4, 0.5) is 5.69 Å². The first-order valence-corrected chi connectivity index (χ1v) is 8.32. The van der Waals surface area contributed by atoms with Gasteiger partial charge in [-0.2, -0.15) is 5.26 Å². The zero-order valence-corrected chi connectivity index (χ0v) is 14.1. The van der Waals surface area contributed by atoms with Crippen molar-refractivity contribution in [2.75, 3.05) is 18.5 Å². The van der Waals surface area contributed by atoms with E-state index in [9.17, 15) is 4.79 Å². The third-order valence-corrected chi connectivity index (χ3v) is 4.17. The minimum Gasteiger partial charge on any atom is -0.490 e. The number of nitriles is 1. The Morgan fingerprint density at radius 2 is 1.92 bits per heavy atom. The molecule has 0 radical (unpaired) electrons. The second-order valence-corrected chi connectivity index (χ2v) is 6.05. The molecule has 1 heterocycles. The van der Waals surface area contributed by atoms with Crippen LogP contribution in [-0.2, 0) is 4.74 Å². The van der Waals surface area contributed by atoms with Crippen molar-refractivity contribution < 1.29 is 14.3 Å². The molecule has 5 nitrogen and oxygen atoms in total. The lowest BCUT2D eigenvalue weighted by atomic mass is 10.1. The maximum Gasteiger partial charge on any atom is 0.255 e. The number of carbonyl (C=O) groups is 1. The van der Waals surface area contributed by atoms with Crippen LogP contribution in [0.1, 0.15) is 34.3 Å². The second-order valence-electron chi connectivity index (χ2n) is 6.05. The highest BCUT2D eigenvalue weighted by Crippen LogP contribution is 2.25. The van der Waals surface area contributed by atoms with Gasteiger partial charge < -0.3 is 14.8 Å². The van der Waals surface area contributed by atoms with E-state index in [0.717, 1.165) is 37.4 Å². The van der Waals surface area contributed by atoms with E-state index >= 15 is 0 Å². The number of benzene rings is 2. The largest absolute Gasteiger partial charge is 0.490 e. The molecule has 1 saturated heterocycles. The molecule has 5 heteroatoms. The van der Waals surface area contributed by atoms with Crippen LogP contribution < -0.4 is 10.1 Å². The zero-order chi connectivity index (χ0) is 17.6. The maximum atomic E-state index is 12.3. The monoisotopic (exact) mass is 336 g/mol. The van der Waals surface area contributed by atoms with Crippen molar-refractivity contribution in [2.24, 2.45) is 0 Å². The zero-order valence-electron chi connectivity index (χ0n) is 14.1. The van der Waals surface area contributed by atoms with Gasteiger partial charge in [-0.3, -0.25) is 4.79 Å². The third kappa shape index (κ3) is 4.37. The molecule has 2 aromatic rings. The molecule has 1 amide bonds. The van der Waals surface area contributed by atoms with Gasteiger partial charge in [0.25, 0.3) is 5.91 Å². The van der Waals surface area contributed by atoms with E-state index in [1.165, 1.54) is 0 Å². The molecule has 0 aromatic heterocycles. The van der Waals surface area contributed by atoms with Crippen LogP contribution in [0.2, 0.25) is 0 Å². The van der Waals surface area contributed by atoms with Crippen LogP contribution in [0.15, 0.2) is 42.5 Å². The molecular weight excluding hydrogens is 316 g/mol. The molecule has 128 valence electrons. The van der Waals surface area contributed by atoms with Crippen molar-refractivity contribution >= 4 is 11.6 Å². The van der Waals surface area contributed by atoms with Crippen LogP contribution in [0, 0.1) is 18.3 Å². The van der Waals surface area contributed by atoms with Crippen molar-refractivity contribution in [1.82, 2.24) is 0 Å². The first-order chi connectivity index (χ1) is 12.2. The summed E-state index contributed by atoms with van der Waals surface area (Å²) in [4.78, 5) is 12.3. The Labute approximate surface area is 147 Å². The van der Waals surface area contributed by atoms with Crippen LogP contribution in [0.3, 0.4) is 0 Å². The van der Waals surface area contributed by atoms with Gasteiger partial charge in [-0.25, -0.2) is 0 Å². The number of carbonyl (C=O) groups excluding carboxylic acids is 1. The number of hydrogen-bond donors (Lipinski definition) is 1. The highest BCUT2D eigenvalue weighted by atomic mass is 16.5. The summed E-state index contributed by atoms with van der Waals surface area (Å²) >= 11 is 0. The molecule has 0 aliphatic carbocycles. The first kappa shape index (κ1) is 17.0. The first-order valence-electron chi connectivity index (χ1n) is 8.32. The number of nitrogens with zero attached hydrogens (tertiary/aromatic N) is 1. The summed E-state index contributed by atoms with van der Waals surface area (Å²) in [6.07, 6.45) is 1.99. The topological polar surface area (TPSA) is 71.4 Å². The van der Waals surface area contributed by atoms with Crippen LogP contribution in [0.5, 0.6) is 5.75 Å². The van der Waals surface area contributed by atoms with Gasteiger partial charge in [-0.05, 0) is 55.0 Å².